The molecule has 1 aliphatic heterocycles. The van der Waals surface area contributed by atoms with Crippen molar-refractivity contribution in [3.63, 3.8) is 0 Å². The fourth-order valence-corrected chi connectivity index (χ4v) is 2.25. The second kappa shape index (κ2) is 5.04. The van der Waals surface area contributed by atoms with E-state index in [0.717, 1.165) is 0 Å². The largest absolute Gasteiger partial charge is 0.480 e. The molecule has 4 nitrogen and oxygen atoms in total. The van der Waals surface area contributed by atoms with Gasteiger partial charge in [-0.3, -0.25) is 10.1 Å². The van der Waals surface area contributed by atoms with Crippen LogP contribution in [0.3, 0.4) is 0 Å². The molecule has 4 unspecified atom stereocenters. The zero-order valence-corrected chi connectivity index (χ0v) is 10.3. The van der Waals surface area contributed by atoms with Crippen LogP contribution in [-0.4, -0.2) is 29.3 Å². The molecule has 0 radical (unpaired) electrons. The van der Waals surface area contributed by atoms with Gasteiger partial charge in [-0.05, 0) is 19.9 Å². The fourth-order valence-electron chi connectivity index (χ4n) is 2.25. The quantitative estimate of drug-likeness (QED) is 0.842. The Morgan fingerprint density at radius 3 is 2.67 bits per heavy atom. The van der Waals surface area contributed by atoms with Gasteiger partial charge in [0.15, 0.2) is 0 Å². The highest BCUT2D eigenvalue weighted by molar-refractivity contribution is 5.74. The van der Waals surface area contributed by atoms with Gasteiger partial charge in [-0.1, -0.05) is 18.2 Å². The highest BCUT2D eigenvalue weighted by atomic mass is 19.1. The van der Waals surface area contributed by atoms with E-state index in [9.17, 15) is 9.18 Å². The number of nitrogens with one attached hydrogen (secondary N) is 1. The summed E-state index contributed by atoms with van der Waals surface area (Å²) in [6, 6.07) is 5.36. The van der Waals surface area contributed by atoms with Crippen LogP contribution in [0.2, 0.25) is 0 Å². The van der Waals surface area contributed by atoms with Crippen LogP contribution in [0.1, 0.15) is 25.5 Å². The van der Waals surface area contributed by atoms with Gasteiger partial charge in [0.05, 0.1) is 6.10 Å². The van der Waals surface area contributed by atoms with Gasteiger partial charge in [0.25, 0.3) is 0 Å². The fraction of sp³-hybridized carbons (Fsp3) is 0.462. The number of hydrogen-bond acceptors (Lipinski definition) is 3. The number of benzene rings is 1. The summed E-state index contributed by atoms with van der Waals surface area (Å²) in [5, 5.41) is 12.0. The molecule has 1 aromatic rings. The van der Waals surface area contributed by atoms with Gasteiger partial charge >= 0.3 is 5.97 Å². The third kappa shape index (κ3) is 2.37. The van der Waals surface area contributed by atoms with Crippen molar-refractivity contribution in [3.8, 4) is 0 Å². The number of carboxylic acid groups (broad SMARTS) is 1. The lowest BCUT2D eigenvalue weighted by Gasteiger charge is -2.38. The summed E-state index contributed by atoms with van der Waals surface area (Å²) >= 11 is 0. The van der Waals surface area contributed by atoms with E-state index in [1.807, 2.05) is 0 Å². The number of carboxylic acids is 1. The van der Waals surface area contributed by atoms with E-state index in [4.69, 9.17) is 9.84 Å². The van der Waals surface area contributed by atoms with E-state index >= 15 is 0 Å². The molecule has 0 aromatic heterocycles. The van der Waals surface area contributed by atoms with E-state index in [2.05, 4.69) is 5.32 Å². The van der Waals surface area contributed by atoms with Crippen LogP contribution in [0, 0.1) is 5.82 Å². The predicted octanol–water partition coefficient (Wildman–Crippen LogP) is 1.72. The average Bonchev–Trinajstić information content (AvgIpc) is 2.32. The summed E-state index contributed by atoms with van der Waals surface area (Å²) in [5.41, 5.74) is 0.452. The van der Waals surface area contributed by atoms with Gasteiger partial charge in [-0.25, -0.2) is 4.39 Å². The Balaban J connectivity index is 2.22. The lowest BCUT2D eigenvalue weighted by molar-refractivity contribution is -0.152. The molecule has 0 bridgehead atoms. The van der Waals surface area contributed by atoms with Crippen molar-refractivity contribution in [3.05, 3.63) is 35.6 Å². The molecule has 2 rings (SSSR count). The normalized spacial score (nSPS) is 32.2. The van der Waals surface area contributed by atoms with E-state index in [0.29, 0.717) is 5.56 Å². The number of hydrogen-bond donors (Lipinski definition) is 2. The standard InChI is InChI=1S/C13H16FNO3/c1-7-12(9-5-3-4-6-10(9)14)18-8(2)11(15-7)13(16)17/h3-8,11-12,15H,1-2H3,(H,16,17). The molecule has 1 heterocycles. The van der Waals surface area contributed by atoms with Gasteiger partial charge in [0.2, 0.25) is 0 Å². The zero-order valence-electron chi connectivity index (χ0n) is 10.3. The van der Waals surface area contributed by atoms with Crippen molar-refractivity contribution >= 4 is 5.97 Å². The van der Waals surface area contributed by atoms with Gasteiger partial charge in [0.1, 0.15) is 18.0 Å². The third-order valence-electron chi connectivity index (χ3n) is 3.21. The smallest absolute Gasteiger partial charge is 0.323 e. The van der Waals surface area contributed by atoms with Crippen molar-refractivity contribution < 1.29 is 19.0 Å². The Bertz CT molecular complexity index is 452. The first-order valence-electron chi connectivity index (χ1n) is 5.89. The van der Waals surface area contributed by atoms with Gasteiger partial charge in [-0.2, -0.15) is 0 Å². The number of ether oxygens (including phenoxy) is 1. The van der Waals surface area contributed by atoms with E-state index in [-0.39, 0.29) is 11.9 Å². The number of halogens is 1. The molecule has 5 heteroatoms. The van der Waals surface area contributed by atoms with E-state index < -0.39 is 24.2 Å². The molecule has 0 amide bonds. The van der Waals surface area contributed by atoms with Crippen LogP contribution in [-0.2, 0) is 9.53 Å². The molecule has 98 valence electrons. The Labute approximate surface area is 105 Å². The number of morpholine rings is 1. The molecule has 1 aromatic carbocycles. The van der Waals surface area contributed by atoms with Crippen LogP contribution in [0.15, 0.2) is 24.3 Å². The maximum absolute atomic E-state index is 13.7. The van der Waals surface area contributed by atoms with Crippen molar-refractivity contribution in [1.29, 1.82) is 0 Å². The first-order chi connectivity index (χ1) is 8.50. The monoisotopic (exact) mass is 253 g/mol. The molecule has 1 saturated heterocycles. The van der Waals surface area contributed by atoms with Gasteiger partial charge in [-0.15, -0.1) is 0 Å². The topological polar surface area (TPSA) is 58.6 Å². The number of rotatable bonds is 2. The van der Waals surface area contributed by atoms with Crippen LogP contribution in [0.25, 0.3) is 0 Å². The third-order valence-corrected chi connectivity index (χ3v) is 3.21. The molecule has 18 heavy (non-hydrogen) atoms. The predicted molar refractivity (Wildman–Crippen MR) is 63.7 cm³/mol. The lowest BCUT2D eigenvalue weighted by atomic mass is 9.97. The Morgan fingerprint density at radius 2 is 2.06 bits per heavy atom. The first kappa shape index (κ1) is 13.0. The van der Waals surface area contributed by atoms with Crippen molar-refractivity contribution in [1.82, 2.24) is 5.32 Å². The summed E-state index contributed by atoms with van der Waals surface area (Å²) in [7, 11) is 0. The van der Waals surface area contributed by atoms with E-state index in [1.54, 1.807) is 32.0 Å². The molecule has 0 spiro atoms. The zero-order chi connectivity index (χ0) is 13.3. The maximum atomic E-state index is 13.7. The van der Waals surface area contributed by atoms with Crippen molar-refractivity contribution in [2.45, 2.75) is 38.1 Å². The second-order valence-corrected chi connectivity index (χ2v) is 4.55. The Hall–Kier alpha value is -1.46. The minimum atomic E-state index is -0.957. The summed E-state index contributed by atoms with van der Waals surface area (Å²) in [5.74, 6) is -1.29. The number of aliphatic carboxylic acids is 1. The Kier molecular flexibility index (Phi) is 3.63. The summed E-state index contributed by atoms with van der Waals surface area (Å²) in [6.45, 7) is 3.46. The second-order valence-electron chi connectivity index (χ2n) is 4.55. The highest BCUT2D eigenvalue weighted by Gasteiger charge is 2.38. The Morgan fingerprint density at radius 1 is 1.39 bits per heavy atom. The van der Waals surface area contributed by atoms with Gasteiger partial charge in [0, 0.05) is 11.6 Å². The summed E-state index contributed by atoms with van der Waals surface area (Å²) in [6.07, 6.45) is -0.986. The molecule has 2 N–H and O–H groups in total. The molecule has 0 aliphatic carbocycles. The van der Waals surface area contributed by atoms with E-state index in [1.165, 1.54) is 6.07 Å². The van der Waals surface area contributed by atoms with Gasteiger partial charge < -0.3 is 9.84 Å². The molecule has 1 fully saturated rings. The maximum Gasteiger partial charge on any atom is 0.323 e. The molecule has 4 atom stereocenters. The van der Waals surface area contributed by atoms with Crippen LogP contribution in [0.5, 0.6) is 0 Å². The molecule has 1 aliphatic rings. The molecular weight excluding hydrogens is 237 g/mol. The average molecular weight is 253 g/mol. The molecular formula is C13H16FNO3. The highest BCUT2D eigenvalue weighted by Crippen LogP contribution is 2.29. The summed E-state index contributed by atoms with van der Waals surface area (Å²) < 4.78 is 19.4. The minimum absolute atomic E-state index is 0.265. The first-order valence-corrected chi connectivity index (χ1v) is 5.89. The lowest BCUT2D eigenvalue weighted by Crippen LogP contribution is -2.56. The van der Waals surface area contributed by atoms with Crippen molar-refractivity contribution in [2.75, 3.05) is 0 Å². The molecule has 0 saturated carbocycles. The number of carbonyl (C=O) groups is 1. The van der Waals surface area contributed by atoms with Crippen molar-refractivity contribution in [2.24, 2.45) is 0 Å². The SMILES string of the molecule is CC1NC(C(=O)O)C(C)OC1c1ccccc1F. The van der Waals surface area contributed by atoms with Crippen LogP contribution >= 0.6 is 0 Å². The minimum Gasteiger partial charge on any atom is -0.480 e. The summed E-state index contributed by atoms with van der Waals surface area (Å²) in [4.78, 5) is 11.0. The van der Waals surface area contributed by atoms with Crippen LogP contribution in [0.4, 0.5) is 4.39 Å². The van der Waals surface area contributed by atoms with Crippen LogP contribution < -0.4 is 5.32 Å².